The number of ether oxygens (including phenoxy) is 1. The molecule has 1 aromatic heterocycles. The van der Waals surface area contributed by atoms with Crippen molar-refractivity contribution < 1.29 is 24.5 Å². The van der Waals surface area contributed by atoms with Crippen molar-refractivity contribution >= 4 is 33.6 Å². The van der Waals surface area contributed by atoms with Gasteiger partial charge in [0.05, 0.1) is 33.5 Å². The molecule has 212 valence electrons. The number of rotatable bonds is 16. The Morgan fingerprint density at radius 3 is 2.61 bits per heavy atom. The number of nitrogens with zero attached hydrogens (tertiary/aromatic N) is 1. The molecule has 0 saturated carbocycles. The molecule has 38 heavy (non-hydrogen) atoms. The van der Waals surface area contributed by atoms with Crippen LogP contribution in [0.15, 0.2) is 30.9 Å². The average molecular weight is 546 g/mol. The molecular formula is C31H47NO5S. The number of aliphatic hydroxyl groups excluding tert-OH is 2. The van der Waals surface area contributed by atoms with Crippen molar-refractivity contribution in [1.29, 1.82) is 0 Å². The smallest absolute Gasteiger partial charge is 0.144 e. The van der Waals surface area contributed by atoms with Crippen LogP contribution in [-0.4, -0.2) is 52.7 Å². The normalized spacial score (nSPS) is 20.1. The number of benzene rings is 1. The summed E-state index contributed by atoms with van der Waals surface area (Å²) >= 11 is 1.74. The number of hydrogen-bond donors (Lipinski definition) is 2. The predicted octanol–water partition coefficient (Wildman–Crippen LogP) is 6.41. The number of aromatic nitrogens is 1. The van der Waals surface area contributed by atoms with Gasteiger partial charge in [-0.15, -0.1) is 17.9 Å². The van der Waals surface area contributed by atoms with E-state index in [9.17, 15) is 14.7 Å². The standard InChI is InChI=1S/C30H43NO4S.CH4O/c1-7-9-23(29(34)30(5,6)28(33)14-15-32)16-19(2)10-8-11-25-26(35-25)17-20(3)22-12-13-27-24(18-22)31-21(4)36-27;1-2/h7,12-13,15,18-20,23,25-26,28,33H,1,8-11,14,16-17H2,2-6H3;2H,1H3. The lowest BCUT2D eigenvalue weighted by Crippen LogP contribution is -2.41. The van der Waals surface area contributed by atoms with Gasteiger partial charge in [-0.1, -0.05) is 52.7 Å². The largest absolute Gasteiger partial charge is 0.400 e. The van der Waals surface area contributed by atoms with Crippen LogP contribution in [-0.2, 0) is 14.3 Å². The number of aliphatic hydroxyl groups is 2. The highest BCUT2D eigenvalue weighted by Crippen LogP contribution is 2.38. The summed E-state index contributed by atoms with van der Waals surface area (Å²) in [6, 6.07) is 6.64. The molecule has 1 aromatic carbocycles. The number of allylic oxidation sites excluding steroid dienone is 1. The molecule has 6 nitrogen and oxygen atoms in total. The number of Topliss-reactive ketones (excluding diaryl/α,β-unsaturated/α-hetero) is 1. The van der Waals surface area contributed by atoms with Crippen LogP contribution in [0.5, 0.6) is 0 Å². The summed E-state index contributed by atoms with van der Waals surface area (Å²) in [7, 11) is 1.00. The highest BCUT2D eigenvalue weighted by molar-refractivity contribution is 7.18. The molecule has 3 rings (SSSR count). The zero-order valence-electron chi connectivity index (χ0n) is 24.0. The molecule has 2 heterocycles. The number of aryl methyl sites for hydroxylation is 1. The van der Waals surface area contributed by atoms with Crippen molar-refractivity contribution in [3.63, 3.8) is 0 Å². The number of fused-ring (bicyclic) bond motifs is 1. The van der Waals surface area contributed by atoms with Crippen LogP contribution in [0.2, 0.25) is 0 Å². The fourth-order valence-electron chi connectivity index (χ4n) is 5.35. The zero-order valence-corrected chi connectivity index (χ0v) is 24.8. The van der Waals surface area contributed by atoms with Gasteiger partial charge in [0.15, 0.2) is 0 Å². The van der Waals surface area contributed by atoms with E-state index < -0.39 is 11.5 Å². The second-order valence-electron chi connectivity index (χ2n) is 11.3. The predicted molar refractivity (Wildman–Crippen MR) is 156 cm³/mol. The maximum atomic E-state index is 13.2. The first-order valence-electron chi connectivity index (χ1n) is 13.8. The Morgan fingerprint density at radius 1 is 1.24 bits per heavy atom. The molecule has 7 heteroatoms. The van der Waals surface area contributed by atoms with Gasteiger partial charge in [-0.05, 0) is 62.1 Å². The summed E-state index contributed by atoms with van der Waals surface area (Å²) in [6.07, 6.45) is 7.73. The lowest BCUT2D eigenvalue weighted by molar-refractivity contribution is -0.138. The summed E-state index contributed by atoms with van der Waals surface area (Å²) in [4.78, 5) is 28.7. The third-order valence-corrected chi connectivity index (χ3v) is 8.79. The fourth-order valence-corrected chi connectivity index (χ4v) is 6.16. The summed E-state index contributed by atoms with van der Waals surface area (Å²) in [5.74, 6) is 0.670. The van der Waals surface area contributed by atoms with Gasteiger partial charge in [0.1, 0.15) is 12.1 Å². The molecule has 6 atom stereocenters. The molecule has 0 radical (unpaired) electrons. The van der Waals surface area contributed by atoms with E-state index in [-0.39, 0.29) is 18.1 Å². The highest BCUT2D eigenvalue weighted by Gasteiger charge is 2.40. The second kappa shape index (κ2) is 15.0. The minimum atomic E-state index is -0.955. The Labute approximate surface area is 232 Å². The average Bonchev–Trinajstić information content (AvgIpc) is 3.50. The number of carbonyl (C=O) groups excluding carboxylic acids is 2. The van der Waals surface area contributed by atoms with E-state index in [1.54, 1.807) is 31.3 Å². The van der Waals surface area contributed by atoms with Gasteiger partial charge in [-0.25, -0.2) is 4.98 Å². The van der Waals surface area contributed by atoms with Crippen molar-refractivity contribution in [1.82, 2.24) is 4.98 Å². The SMILES string of the molecule is C=CCC(CC(C)CCCC1OC1CC(C)c1ccc2sc(C)nc2c1)C(=O)C(C)(C)C(O)CC=O.CO. The third kappa shape index (κ3) is 8.80. The Bertz CT molecular complexity index is 1050. The molecule has 2 N–H and O–H groups in total. The second-order valence-corrected chi connectivity index (χ2v) is 12.5. The molecule has 0 aliphatic carbocycles. The number of aldehydes is 1. The quantitative estimate of drug-likeness (QED) is 0.144. The Hall–Kier alpha value is -1.93. The lowest BCUT2D eigenvalue weighted by atomic mass is 9.72. The van der Waals surface area contributed by atoms with Crippen LogP contribution in [0.1, 0.15) is 89.1 Å². The topological polar surface area (TPSA) is 100 Å². The van der Waals surface area contributed by atoms with E-state index >= 15 is 0 Å². The van der Waals surface area contributed by atoms with Gasteiger partial charge in [-0.2, -0.15) is 0 Å². The first kappa shape index (κ1) is 32.3. The van der Waals surface area contributed by atoms with Crippen molar-refractivity contribution in [2.24, 2.45) is 17.3 Å². The van der Waals surface area contributed by atoms with E-state index in [4.69, 9.17) is 9.84 Å². The minimum absolute atomic E-state index is 0.0184. The van der Waals surface area contributed by atoms with Gasteiger partial charge in [-0.3, -0.25) is 4.79 Å². The van der Waals surface area contributed by atoms with Crippen LogP contribution >= 0.6 is 11.3 Å². The monoisotopic (exact) mass is 545 g/mol. The molecule has 6 unspecified atom stereocenters. The number of ketones is 1. The van der Waals surface area contributed by atoms with Gasteiger partial charge < -0.3 is 19.7 Å². The fraction of sp³-hybridized carbons (Fsp3) is 0.645. The summed E-state index contributed by atoms with van der Waals surface area (Å²) < 4.78 is 7.24. The van der Waals surface area contributed by atoms with Gasteiger partial charge in [0.2, 0.25) is 0 Å². The zero-order chi connectivity index (χ0) is 28.5. The van der Waals surface area contributed by atoms with Crippen molar-refractivity contribution in [3.8, 4) is 0 Å². The molecule has 1 fully saturated rings. The summed E-state index contributed by atoms with van der Waals surface area (Å²) in [6.45, 7) is 13.8. The van der Waals surface area contributed by atoms with Gasteiger partial charge in [0.25, 0.3) is 0 Å². The highest BCUT2D eigenvalue weighted by atomic mass is 32.1. The lowest BCUT2D eigenvalue weighted by Gasteiger charge is -2.32. The number of epoxide rings is 1. The first-order chi connectivity index (χ1) is 18.1. The Morgan fingerprint density at radius 2 is 1.95 bits per heavy atom. The van der Waals surface area contributed by atoms with E-state index in [1.807, 2.05) is 0 Å². The Balaban J connectivity index is 0.00000247. The number of carbonyl (C=O) groups is 2. The molecule has 1 aliphatic rings. The van der Waals surface area contributed by atoms with Crippen molar-refractivity contribution in [2.75, 3.05) is 7.11 Å². The minimum Gasteiger partial charge on any atom is -0.400 e. The molecule has 1 saturated heterocycles. The summed E-state index contributed by atoms with van der Waals surface area (Å²) in [5.41, 5.74) is 1.48. The van der Waals surface area contributed by atoms with E-state index in [0.29, 0.717) is 36.8 Å². The van der Waals surface area contributed by atoms with E-state index in [1.165, 1.54) is 10.3 Å². The molecule has 1 aliphatic heterocycles. The molecule has 2 aromatic rings. The van der Waals surface area contributed by atoms with Crippen molar-refractivity contribution in [2.45, 2.75) is 104 Å². The Kier molecular flexibility index (Phi) is 12.8. The maximum absolute atomic E-state index is 13.2. The van der Waals surface area contributed by atoms with Crippen LogP contribution in [0.3, 0.4) is 0 Å². The van der Waals surface area contributed by atoms with Gasteiger partial charge in [0, 0.05) is 24.9 Å². The van der Waals surface area contributed by atoms with Gasteiger partial charge >= 0.3 is 0 Å². The van der Waals surface area contributed by atoms with E-state index in [0.717, 1.165) is 49.7 Å². The number of hydrogen-bond acceptors (Lipinski definition) is 7. The van der Waals surface area contributed by atoms with Crippen LogP contribution < -0.4 is 0 Å². The molecular weight excluding hydrogens is 498 g/mol. The summed E-state index contributed by atoms with van der Waals surface area (Å²) in [5, 5.41) is 18.4. The molecule has 0 amide bonds. The van der Waals surface area contributed by atoms with Crippen LogP contribution in [0, 0.1) is 24.2 Å². The van der Waals surface area contributed by atoms with Crippen LogP contribution in [0.25, 0.3) is 10.2 Å². The first-order valence-corrected chi connectivity index (χ1v) is 14.6. The molecule has 0 spiro atoms. The molecule has 0 bridgehead atoms. The third-order valence-electron chi connectivity index (χ3n) is 7.84. The van der Waals surface area contributed by atoms with Crippen molar-refractivity contribution in [3.05, 3.63) is 41.4 Å². The maximum Gasteiger partial charge on any atom is 0.144 e. The van der Waals surface area contributed by atoms with Crippen LogP contribution in [0.4, 0.5) is 0 Å². The number of thiazole rings is 1. The van der Waals surface area contributed by atoms with E-state index in [2.05, 4.69) is 50.5 Å².